The third-order valence-corrected chi connectivity index (χ3v) is 4.70. The monoisotopic (exact) mass is 351 g/mol. The molecule has 3 aromatic rings. The van der Waals surface area contributed by atoms with Gasteiger partial charge in [0.2, 0.25) is 0 Å². The first-order chi connectivity index (χ1) is 12.2. The molecule has 0 atom stereocenters. The SMILES string of the molecule is COC(=O)/C=C/c1ccc(Sc2cccc(OC)c2)c2cccnc12. The van der Waals surface area contributed by atoms with Crippen molar-refractivity contribution in [3.05, 3.63) is 66.4 Å². The Morgan fingerprint density at radius 2 is 2.00 bits per heavy atom. The Morgan fingerprint density at radius 1 is 1.12 bits per heavy atom. The van der Waals surface area contributed by atoms with E-state index in [-0.39, 0.29) is 5.97 Å². The van der Waals surface area contributed by atoms with Crippen molar-refractivity contribution in [3.8, 4) is 5.75 Å². The Morgan fingerprint density at radius 3 is 2.80 bits per heavy atom. The van der Waals surface area contributed by atoms with Crippen LogP contribution in [-0.4, -0.2) is 25.2 Å². The smallest absolute Gasteiger partial charge is 0.330 e. The number of hydrogen-bond acceptors (Lipinski definition) is 5. The lowest BCUT2D eigenvalue weighted by atomic mass is 10.1. The molecular formula is C20H17NO3S. The zero-order valence-corrected chi connectivity index (χ0v) is 14.7. The molecular weight excluding hydrogens is 334 g/mol. The minimum Gasteiger partial charge on any atom is -0.497 e. The molecule has 1 heterocycles. The van der Waals surface area contributed by atoms with Gasteiger partial charge >= 0.3 is 5.97 Å². The number of esters is 1. The Balaban J connectivity index is 2.00. The highest BCUT2D eigenvalue weighted by molar-refractivity contribution is 7.99. The minimum absolute atomic E-state index is 0.390. The van der Waals surface area contributed by atoms with Gasteiger partial charge in [-0.3, -0.25) is 4.98 Å². The Labute approximate surface area is 150 Å². The summed E-state index contributed by atoms with van der Waals surface area (Å²) in [5, 5.41) is 1.03. The summed E-state index contributed by atoms with van der Waals surface area (Å²) in [5.41, 5.74) is 1.71. The van der Waals surface area contributed by atoms with Crippen molar-refractivity contribution in [2.24, 2.45) is 0 Å². The van der Waals surface area contributed by atoms with Gasteiger partial charge in [-0.05, 0) is 36.4 Å². The van der Waals surface area contributed by atoms with Gasteiger partial charge in [-0.25, -0.2) is 4.79 Å². The van der Waals surface area contributed by atoms with E-state index in [0.717, 1.165) is 32.0 Å². The molecule has 0 fully saturated rings. The van der Waals surface area contributed by atoms with Crippen molar-refractivity contribution in [2.75, 3.05) is 14.2 Å². The van der Waals surface area contributed by atoms with Crippen molar-refractivity contribution in [3.63, 3.8) is 0 Å². The van der Waals surface area contributed by atoms with Crippen LogP contribution in [0.25, 0.3) is 17.0 Å². The minimum atomic E-state index is -0.390. The molecule has 3 rings (SSSR count). The normalized spacial score (nSPS) is 11.0. The number of pyridine rings is 1. The number of carbonyl (C=O) groups excluding carboxylic acids is 1. The van der Waals surface area contributed by atoms with Gasteiger partial charge < -0.3 is 9.47 Å². The molecule has 0 N–H and O–H groups in total. The molecule has 1 aromatic heterocycles. The zero-order valence-electron chi connectivity index (χ0n) is 13.9. The van der Waals surface area contributed by atoms with Crippen molar-refractivity contribution in [1.29, 1.82) is 0 Å². The zero-order chi connectivity index (χ0) is 17.6. The summed E-state index contributed by atoms with van der Waals surface area (Å²) in [6.45, 7) is 0. The molecule has 25 heavy (non-hydrogen) atoms. The second kappa shape index (κ2) is 7.85. The van der Waals surface area contributed by atoms with Gasteiger partial charge in [0.05, 0.1) is 19.7 Å². The van der Waals surface area contributed by atoms with Crippen molar-refractivity contribution < 1.29 is 14.3 Å². The fraction of sp³-hybridized carbons (Fsp3) is 0.100. The lowest BCUT2D eigenvalue weighted by molar-refractivity contribution is -0.134. The number of benzene rings is 2. The molecule has 0 unspecified atom stereocenters. The fourth-order valence-corrected chi connectivity index (χ4v) is 3.40. The van der Waals surface area contributed by atoms with Crippen LogP contribution in [0.5, 0.6) is 5.75 Å². The van der Waals surface area contributed by atoms with Crippen LogP contribution in [0.1, 0.15) is 5.56 Å². The molecule has 126 valence electrons. The van der Waals surface area contributed by atoms with Crippen LogP contribution in [0.2, 0.25) is 0 Å². The second-order valence-electron chi connectivity index (χ2n) is 5.19. The lowest BCUT2D eigenvalue weighted by Crippen LogP contribution is -1.94. The molecule has 0 spiro atoms. The van der Waals surface area contributed by atoms with Gasteiger partial charge in [0.15, 0.2) is 0 Å². The van der Waals surface area contributed by atoms with Crippen LogP contribution < -0.4 is 4.74 Å². The van der Waals surface area contributed by atoms with E-state index in [1.165, 1.54) is 13.2 Å². The van der Waals surface area contributed by atoms with Crippen molar-refractivity contribution in [1.82, 2.24) is 4.98 Å². The summed E-state index contributed by atoms with van der Waals surface area (Å²) in [5.74, 6) is 0.434. The van der Waals surface area contributed by atoms with Gasteiger partial charge in [-0.2, -0.15) is 0 Å². The average molecular weight is 351 g/mol. The van der Waals surface area contributed by atoms with Crippen LogP contribution in [0, 0.1) is 0 Å². The number of fused-ring (bicyclic) bond motifs is 1. The van der Waals surface area contributed by atoms with Crippen molar-refractivity contribution >= 4 is 34.7 Å². The molecule has 2 aromatic carbocycles. The van der Waals surface area contributed by atoms with E-state index < -0.39 is 0 Å². The molecule has 5 heteroatoms. The molecule has 0 saturated heterocycles. The predicted molar refractivity (Wildman–Crippen MR) is 99.9 cm³/mol. The molecule has 0 aliphatic carbocycles. The highest BCUT2D eigenvalue weighted by Crippen LogP contribution is 2.35. The Bertz CT molecular complexity index is 937. The summed E-state index contributed by atoms with van der Waals surface area (Å²) < 4.78 is 9.93. The average Bonchev–Trinajstić information content (AvgIpc) is 2.67. The quantitative estimate of drug-likeness (QED) is 0.497. The Hall–Kier alpha value is -2.79. The summed E-state index contributed by atoms with van der Waals surface area (Å²) in [7, 11) is 3.02. The molecule has 0 aliphatic rings. The number of rotatable bonds is 5. The topological polar surface area (TPSA) is 48.4 Å². The van der Waals surface area contributed by atoms with E-state index in [1.54, 1.807) is 31.1 Å². The van der Waals surface area contributed by atoms with Gasteiger partial charge in [-0.1, -0.05) is 30.0 Å². The molecule has 0 bridgehead atoms. The number of aromatic nitrogens is 1. The molecule has 4 nitrogen and oxygen atoms in total. The number of carbonyl (C=O) groups is 1. The van der Waals surface area contributed by atoms with E-state index in [9.17, 15) is 4.79 Å². The third kappa shape index (κ3) is 4.00. The van der Waals surface area contributed by atoms with E-state index in [1.807, 2.05) is 48.5 Å². The molecule has 0 radical (unpaired) electrons. The van der Waals surface area contributed by atoms with Crippen LogP contribution >= 0.6 is 11.8 Å². The van der Waals surface area contributed by atoms with E-state index >= 15 is 0 Å². The number of ether oxygens (including phenoxy) is 2. The van der Waals surface area contributed by atoms with Gasteiger partial charge in [0.25, 0.3) is 0 Å². The van der Waals surface area contributed by atoms with E-state index in [4.69, 9.17) is 4.74 Å². The number of methoxy groups -OCH3 is 2. The van der Waals surface area contributed by atoms with Crippen molar-refractivity contribution in [2.45, 2.75) is 9.79 Å². The highest BCUT2D eigenvalue weighted by atomic mass is 32.2. The summed E-state index contributed by atoms with van der Waals surface area (Å²) in [4.78, 5) is 18.0. The third-order valence-electron chi connectivity index (χ3n) is 3.63. The van der Waals surface area contributed by atoms with Gasteiger partial charge in [-0.15, -0.1) is 0 Å². The van der Waals surface area contributed by atoms with E-state index in [2.05, 4.69) is 9.72 Å². The molecule has 0 saturated carbocycles. The molecule has 0 amide bonds. The summed E-state index contributed by atoms with van der Waals surface area (Å²) >= 11 is 1.65. The lowest BCUT2D eigenvalue weighted by Gasteiger charge is -2.09. The van der Waals surface area contributed by atoms with Crippen LogP contribution in [-0.2, 0) is 9.53 Å². The first-order valence-corrected chi connectivity index (χ1v) is 8.48. The first kappa shape index (κ1) is 17.0. The first-order valence-electron chi connectivity index (χ1n) is 7.67. The number of nitrogens with zero attached hydrogens (tertiary/aromatic N) is 1. The standard InChI is InChI=1S/C20H17NO3S/c1-23-15-5-3-6-16(13-15)25-18-10-8-14(9-11-19(22)24-2)20-17(18)7-4-12-21-20/h3-13H,1-2H3/b11-9+. The number of hydrogen-bond donors (Lipinski definition) is 0. The Kier molecular flexibility index (Phi) is 5.36. The maximum Gasteiger partial charge on any atom is 0.330 e. The summed E-state index contributed by atoms with van der Waals surface area (Å²) in [6, 6.07) is 15.9. The van der Waals surface area contributed by atoms with Crippen LogP contribution in [0.3, 0.4) is 0 Å². The van der Waals surface area contributed by atoms with E-state index in [0.29, 0.717) is 0 Å². The van der Waals surface area contributed by atoms with Gasteiger partial charge in [0.1, 0.15) is 5.75 Å². The fourth-order valence-electron chi connectivity index (χ4n) is 2.41. The summed E-state index contributed by atoms with van der Waals surface area (Å²) in [6.07, 6.45) is 4.87. The largest absolute Gasteiger partial charge is 0.497 e. The van der Waals surface area contributed by atoms with Crippen LogP contribution in [0.15, 0.2) is 70.6 Å². The maximum absolute atomic E-state index is 11.3. The highest BCUT2D eigenvalue weighted by Gasteiger charge is 2.08. The second-order valence-corrected chi connectivity index (χ2v) is 6.31. The predicted octanol–water partition coefficient (Wildman–Crippen LogP) is 4.58. The molecule has 0 aliphatic heterocycles. The maximum atomic E-state index is 11.3. The van der Waals surface area contributed by atoms with Crippen LogP contribution in [0.4, 0.5) is 0 Å². The van der Waals surface area contributed by atoms with Gasteiger partial charge in [0, 0.05) is 33.0 Å².